The van der Waals surface area contributed by atoms with Crippen LogP contribution in [-0.2, 0) is 16.0 Å². The van der Waals surface area contributed by atoms with Gasteiger partial charge >= 0.3 is 12.1 Å². The van der Waals surface area contributed by atoms with Gasteiger partial charge in [-0.05, 0) is 43.2 Å². The highest BCUT2D eigenvalue weighted by Crippen LogP contribution is 2.34. The number of halogens is 3. The van der Waals surface area contributed by atoms with Gasteiger partial charge in [-0.15, -0.1) is 0 Å². The molecule has 4 rings (SSSR count). The Balaban J connectivity index is 1.55. The minimum absolute atomic E-state index is 0.0537. The van der Waals surface area contributed by atoms with Gasteiger partial charge in [-0.1, -0.05) is 23.7 Å². The first-order chi connectivity index (χ1) is 18.5. The summed E-state index contributed by atoms with van der Waals surface area (Å²) in [5, 5.41) is 3.09. The number of nitrogens with two attached hydrogens (primary N) is 1. The molecule has 3 aromatic rings. The maximum atomic E-state index is 15.1. The Morgan fingerprint density at radius 2 is 2.00 bits per heavy atom. The van der Waals surface area contributed by atoms with Gasteiger partial charge in [0.2, 0.25) is 0 Å². The number of ether oxygens (including phenoxy) is 2. The fraction of sp³-hybridized carbons (Fsp3) is 0.370. The van der Waals surface area contributed by atoms with Crippen LogP contribution in [0.15, 0.2) is 42.6 Å². The normalized spacial score (nSPS) is 18.9. The van der Waals surface area contributed by atoms with Crippen molar-refractivity contribution in [1.82, 2.24) is 9.47 Å². The maximum Gasteiger partial charge on any atom is 0.323 e. The van der Waals surface area contributed by atoms with Gasteiger partial charge in [0.15, 0.2) is 5.78 Å². The fourth-order valence-electron chi connectivity index (χ4n) is 4.72. The summed E-state index contributed by atoms with van der Waals surface area (Å²) >= 11 is 5.82. The zero-order chi connectivity index (χ0) is 28.3. The number of ketones is 1. The number of nitrogens with zero attached hydrogens (tertiary/aromatic N) is 2. The van der Waals surface area contributed by atoms with Gasteiger partial charge in [0.25, 0.3) is 0 Å². The number of primary amides is 1. The number of urea groups is 1. The van der Waals surface area contributed by atoms with E-state index in [-0.39, 0.29) is 48.7 Å². The average Bonchev–Trinajstić information content (AvgIpc) is 3.42. The number of rotatable bonds is 9. The van der Waals surface area contributed by atoms with Gasteiger partial charge in [0.1, 0.15) is 23.8 Å². The lowest BCUT2D eigenvalue weighted by atomic mass is 9.98. The summed E-state index contributed by atoms with van der Waals surface area (Å²) in [6.07, 6.45) is 1.11. The minimum atomic E-state index is -1.80. The standard InChI is InChI=1S/C27H29ClF2N4O5/c1-27(30)13-22(23(35)9-6-16-4-3-5-19(28)24(16)29)34(15-27)26(37)32-20-14-33(25(31)36)21-8-7-17(12-18(20)21)39-11-10-38-2/h3-5,7-8,12,14,22H,6,9-11,13,15H2,1-2H3,(H2,31,36)(H,32,37)/t22-,27+/m0/s1. The molecule has 1 aromatic heterocycles. The number of aromatic nitrogens is 1. The van der Waals surface area contributed by atoms with Crippen molar-refractivity contribution in [2.75, 3.05) is 32.2 Å². The Morgan fingerprint density at radius 1 is 1.23 bits per heavy atom. The number of alkyl halides is 1. The third kappa shape index (κ3) is 6.31. The Morgan fingerprint density at radius 3 is 2.72 bits per heavy atom. The molecule has 1 fully saturated rings. The highest BCUT2D eigenvalue weighted by molar-refractivity contribution is 6.30. The summed E-state index contributed by atoms with van der Waals surface area (Å²) in [5.74, 6) is -0.546. The van der Waals surface area contributed by atoms with Crippen LogP contribution in [0.4, 0.5) is 24.1 Å². The Labute approximate surface area is 228 Å². The molecule has 0 spiro atoms. The van der Waals surface area contributed by atoms with Crippen molar-refractivity contribution < 1.29 is 32.6 Å². The third-order valence-corrected chi connectivity index (χ3v) is 6.90. The van der Waals surface area contributed by atoms with Gasteiger partial charge in [-0.25, -0.2) is 18.4 Å². The lowest BCUT2D eigenvalue weighted by molar-refractivity contribution is -0.122. The second kappa shape index (κ2) is 11.6. The number of Topliss-reactive ketones (excluding diaryl/α,β-unsaturated/α-hetero) is 1. The molecule has 1 aliphatic heterocycles. The summed E-state index contributed by atoms with van der Waals surface area (Å²) in [6, 6.07) is 6.85. The van der Waals surface area contributed by atoms with Crippen LogP contribution >= 0.6 is 11.6 Å². The number of methoxy groups -OCH3 is 1. The van der Waals surface area contributed by atoms with Gasteiger partial charge in [0.05, 0.1) is 35.4 Å². The van der Waals surface area contributed by atoms with E-state index in [1.54, 1.807) is 31.4 Å². The molecule has 0 unspecified atom stereocenters. The molecule has 208 valence electrons. The number of amides is 3. The summed E-state index contributed by atoms with van der Waals surface area (Å²) in [6.45, 7) is 1.65. The number of benzene rings is 2. The SMILES string of the molecule is COCCOc1ccc2c(c1)c(NC(=O)N1C[C@](C)(F)C[C@H]1C(=O)CCc1cccc(Cl)c1F)cn2C(N)=O. The molecule has 3 amide bonds. The van der Waals surface area contributed by atoms with Crippen molar-refractivity contribution in [3.8, 4) is 5.75 Å². The Bertz CT molecular complexity index is 1410. The summed E-state index contributed by atoms with van der Waals surface area (Å²) in [5.41, 5.74) is 4.61. The zero-order valence-corrected chi connectivity index (χ0v) is 22.3. The molecule has 1 saturated heterocycles. The van der Waals surface area contributed by atoms with Gasteiger partial charge in [0, 0.05) is 31.5 Å². The molecule has 2 heterocycles. The largest absolute Gasteiger partial charge is 0.491 e. The van der Waals surface area contributed by atoms with E-state index in [4.69, 9.17) is 26.8 Å². The lowest BCUT2D eigenvalue weighted by Crippen LogP contribution is -2.43. The van der Waals surface area contributed by atoms with Crippen LogP contribution in [0.25, 0.3) is 10.9 Å². The number of nitrogens with one attached hydrogen (secondary N) is 1. The van der Waals surface area contributed by atoms with Gasteiger partial charge in [-0.2, -0.15) is 0 Å². The van der Waals surface area contributed by atoms with E-state index in [2.05, 4.69) is 5.32 Å². The Kier molecular flexibility index (Phi) is 8.41. The van der Waals surface area contributed by atoms with Crippen molar-refractivity contribution in [3.63, 3.8) is 0 Å². The van der Waals surface area contributed by atoms with Crippen molar-refractivity contribution in [3.05, 3.63) is 59.0 Å². The molecule has 2 aromatic carbocycles. The van der Waals surface area contributed by atoms with Crippen LogP contribution in [0.1, 0.15) is 25.3 Å². The van der Waals surface area contributed by atoms with Crippen molar-refractivity contribution in [2.45, 2.75) is 37.9 Å². The monoisotopic (exact) mass is 562 g/mol. The highest BCUT2D eigenvalue weighted by atomic mass is 35.5. The highest BCUT2D eigenvalue weighted by Gasteiger charge is 2.46. The maximum absolute atomic E-state index is 15.1. The summed E-state index contributed by atoms with van der Waals surface area (Å²) in [4.78, 5) is 39.6. The first-order valence-corrected chi connectivity index (χ1v) is 12.7. The molecule has 0 radical (unpaired) electrons. The second-order valence-corrected chi connectivity index (χ2v) is 10.0. The van der Waals surface area contributed by atoms with E-state index in [1.807, 2.05) is 0 Å². The second-order valence-electron chi connectivity index (χ2n) is 9.64. The molecule has 0 aliphatic carbocycles. The fourth-order valence-corrected chi connectivity index (χ4v) is 4.92. The topological polar surface area (TPSA) is 116 Å². The zero-order valence-electron chi connectivity index (χ0n) is 21.5. The molecule has 9 nitrogen and oxygen atoms in total. The summed E-state index contributed by atoms with van der Waals surface area (Å²) < 4.78 is 41.1. The average molecular weight is 563 g/mol. The van der Waals surface area contributed by atoms with E-state index in [9.17, 15) is 18.8 Å². The van der Waals surface area contributed by atoms with Crippen LogP contribution in [0.2, 0.25) is 5.02 Å². The molecule has 2 atom stereocenters. The predicted molar refractivity (Wildman–Crippen MR) is 143 cm³/mol. The molecule has 0 saturated carbocycles. The molecule has 3 N–H and O–H groups in total. The van der Waals surface area contributed by atoms with Crippen molar-refractivity contribution in [2.24, 2.45) is 5.73 Å². The predicted octanol–water partition coefficient (Wildman–Crippen LogP) is 4.92. The Hall–Kier alpha value is -3.70. The number of hydrogen-bond acceptors (Lipinski definition) is 5. The number of hydrogen-bond donors (Lipinski definition) is 2. The third-order valence-electron chi connectivity index (χ3n) is 6.61. The minimum Gasteiger partial charge on any atom is -0.491 e. The van der Waals surface area contributed by atoms with Crippen LogP contribution in [0.5, 0.6) is 5.75 Å². The number of fused-ring (bicyclic) bond motifs is 1. The lowest BCUT2D eigenvalue weighted by Gasteiger charge is -2.23. The van der Waals surface area contributed by atoms with E-state index in [0.717, 1.165) is 9.47 Å². The van der Waals surface area contributed by atoms with Gasteiger partial charge < -0.3 is 25.4 Å². The molecular weight excluding hydrogens is 534 g/mol. The molecule has 1 aliphatic rings. The van der Waals surface area contributed by atoms with Gasteiger partial charge in [-0.3, -0.25) is 9.36 Å². The van der Waals surface area contributed by atoms with Crippen LogP contribution in [-0.4, -0.2) is 65.9 Å². The molecule has 39 heavy (non-hydrogen) atoms. The number of anilines is 1. The quantitative estimate of drug-likeness (QED) is 0.359. The smallest absolute Gasteiger partial charge is 0.323 e. The number of carbonyl (C=O) groups is 3. The number of likely N-dealkylation sites (tertiary alicyclic amines) is 1. The van der Waals surface area contributed by atoms with E-state index in [0.29, 0.717) is 23.3 Å². The van der Waals surface area contributed by atoms with Crippen molar-refractivity contribution in [1.29, 1.82) is 0 Å². The van der Waals surface area contributed by atoms with E-state index in [1.165, 1.54) is 25.3 Å². The van der Waals surface area contributed by atoms with E-state index < -0.39 is 35.4 Å². The molecular formula is C27H29ClF2N4O5. The number of carbonyl (C=O) groups excluding carboxylic acids is 3. The van der Waals surface area contributed by atoms with E-state index >= 15 is 4.39 Å². The first-order valence-electron chi connectivity index (χ1n) is 12.3. The number of aryl methyl sites for hydroxylation is 1. The van der Waals surface area contributed by atoms with Crippen LogP contribution in [0.3, 0.4) is 0 Å². The van der Waals surface area contributed by atoms with Crippen LogP contribution < -0.4 is 15.8 Å². The molecule has 0 bridgehead atoms. The molecule has 12 heteroatoms. The van der Waals surface area contributed by atoms with Crippen LogP contribution in [0, 0.1) is 5.82 Å². The van der Waals surface area contributed by atoms with Crippen molar-refractivity contribution >= 4 is 46.0 Å². The summed E-state index contributed by atoms with van der Waals surface area (Å²) in [7, 11) is 1.54. The first kappa shape index (κ1) is 28.3.